The highest BCUT2D eigenvalue weighted by molar-refractivity contribution is 6.46. The van der Waals surface area contributed by atoms with Crippen LogP contribution in [0.2, 0.25) is 0 Å². The summed E-state index contributed by atoms with van der Waals surface area (Å²) in [7, 11) is 0. The summed E-state index contributed by atoms with van der Waals surface area (Å²) >= 11 is 0. The largest absolute Gasteiger partial charge is 0.0622 e. The summed E-state index contributed by atoms with van der Waals surface area (Å²) in [5.74, 6) is 0. The van der Waals surface area contributed by atoms with Crippen LogP contribution in [0.1, 0.15) is 11.1 Å². The molecule has 288 valence electrons. The summed E-state index contributed by atoms with van der Waals surface area (Å²) in [5, 5.41) is 18.4. The number of fused-ring (bicyclic) bond motifs is 8. The summed E-state index contributed by atoms with van der Waals surface area (Å²) in [6.07, 6.45) is 0. The molecule has 0 heterocycles. The fraction of sp³-hybridized carbons (Fsp3) is 0.0323. The van der Waals surface area contributed by atoms with E-state index >= 15 is 0 Å². The molecule has 0 bridgehead atoms. The molecule has 13 aromatic carbocycles. The van der Waals surface area contributed by atoms with Gasteiger partial charge in [0, 0.05) is 0 Å². The van der Waals surface area contributed by atoms with Crippen molar-refractivity contribution in [2.24, 2.45) is 0 Å². The minimum atomic E-state index is 1.23. The minimum Gasteiger partial charge on any atom is -0.0622 e. The van der Waals surface area contributed by atoms with E-state index in [0.717, 1.165) is 0 Å². The molecule has 13 rings (SSSR count). The molecule has 0 aliphatic heterocycles. The lowest BCUT2D eigenvalue weighted by Crippen LogP contribution is -1.91. The van der Waals surface area contributed by atoms with E-state index in [-0.39, 0.29) is 0 Å². The number of benzene rings is 11. The minimum absolute atomic E-state index is 1.23. The van der Waals surface area contributed by atoms with Crippen molar-refractivity contribution in [1.82, 2.24) is 0 Å². The summed E-state index contributed by atoms with van der Waals surface area (Å²) in [4.78, 5) is 0. The van der Waals surface area contributed by atoms with E-state index in [0.29, 0.717) is 0 Å². The fourth-order valence-electron chi connectivity index (χ4n) is 11.4. The molecule has 0 N–H and O–H groups in total. The van der Waals surface area contributed by atoms with Crippen LogP contribution in [0, 0.1) is 13.8 Å². The lowest BCUT2D eigenvalue weighted by molar-refractivity contribution is 1.39. The maximum absolute atomic E-state index is 2.58. The van der Waals surface area contributed by atoms with Crippen LogP contribution in [0.3, 0.4) is 0 Å². The topological polar surface area (TPSA) is 0 Å². The Bertz CT molecular complexity index is 3860. The molecule has 0 atom stereocenters. The third kappa shape index (κ3) is 4.84. The molecular weight excluding hydrogens is 745 g/mol. The van der Waals surface area contributed by atoms with E-state index in [1.54, 1.807) is 0 Å². The van der Waals surface area contributed by atoms with Crippen molar-refractivity contribution in [3.8, 4) is 55.6 Å². The van der Waals surface area contributed by atoms with Crippen LogP contribution in [0.15, 0.2) is 206 Å². The Morgan fingerprint density at radius 1 is 0.210 bits per heavy atom. The molecule has 0 amide bonds. The smallest absolute Gasteiger partial charge is 0.000719 e. The van der Waals surface area contributed by atoms with E-state index in [4.69, 9.17) is 0 Å². The van der Waals surface area contributed by atoms with Crippen LogP contribution in [0.4, 0.5) is 0 Å². The molecule has 0 unspecified atom stereocenters. The van der Waals surface area contributed by atoms with Crippen molar-refractivity contribution in [2.45, 2.75) is 13.8 Å². The van der Waals surface area contributed by atoms with Gasteiger partial charge in [0.2, 0.25) is 0 Å². The van der Waals surface area contributed by atoms with Gasteiger partial charge in [0.1, 0.15) is 0 Å². The highest BCUT2D eigenvalue weighted by Crippen LogP contribution is 2.56. The molecule has 0 saturated heterocycles. The number of hydrogen-bond donors (Lipinski definition) is 0. The highest BCUT2D eigenvalue weighted by atomic mass is 14.3. The van der Waals surface area contributed by atoms with Crippen LogP contribution >= 0.6 is 0 Å². The molecule has 0 radical (unpaired) electrons. The Balaban J connectivity index is 1.31. The first-order valence-corrected chi connectivity index (χ1v) is 21.8. The van der Waals surface area contributed by atoms with Gasteiger partial charge in [-0.15, -0.1) is 0 Å². The summed E-state index contributed by atoms with van der Waals surface area (Å²) in [5.41, 5.74) is 15.3. The van der Waals surface area contributed by atoms with Crippen molar-refractivity contribution < 1.29 is 0 Å². The standard InChI is InChI=1S/C62H40/c1-37-18-15-19-38(2)53(37)46-34-35-50-56-45(46)28-16-31-49(56)62-55(42-26-13-6-14-27-42)60-48-30-17-29-47-57(48)52(36-51(60)54(61(50)62)41-24-11-5-12-25-41)59-44(40-22-9-4-10-23-40)33-32-43(58(47)59)39-20-7-3-8-21-39/h3-36H,1-2H3. The summed E-state index contributed by atoms with van der Waals surface area (Å²) in [6, 6.07) is 77.2. The lowest BCUT2D eigenvalue weighted by Gasteiger charge is -2.19. The van der Waals surface area contributed by atoms with Crippen LogP contribution in [-0.4, -0.2) is 0 Å². The van der Waals surface area contributed by atoms with Gasteiger partial charge in [0.25, 0.3) is 0 Å². The van der Waals surface area contributed by atoms with Crippen molar-refractivity contribution in [3.63, 3.8) is 0 Å². The first-order valence-electron chi connectivity index (χ1n) is 21.8. The van der Waals surface area contributed by atoms with Gasteiger partial charge in [0.15, 0.2) is 0 Å². The first-order chi connectivity index (χ1) is 30.7. The predicted octanol–water partition coefficient (Wildman–Crippen LogP) is 17.6. The average Bonchev–Trinajstić information content (AvgIpc) is 3.84. The van der Waals surface area contributed by atoms with Gasteiger partial charge in [-0.3, -0.25) is 0 Å². The summed E-state index contributed by atoms with van der Waals surface area (Å²) < 4.78 is 0. The number of rotatable bonds is 5. The van der Waals surface area contributed by atoms with Gasteiger partial charge in [-0.2, -0.15) is 0 Å². The van der Waals surface area contributed by atoms with Crippen molar-refractivity contribution in [1.29, 1.82) is 0 Å². The SMILES string of the molecule is Cc1cccc(C)c1-c1ccc2c3c(-c4ccccc4)c4cc5c6c(-c7ccccc7)ccc(-c7ccccc7)c6c6cccc(c4c(-c4ccccc4)c3c3cccc1c23)c65. The molecule has 0 aromatic heterocycles. The van der Waals surface area contributed by atoms with E-state index < -0.39 is 0 Å². The van der Waals surface area contributed by atoms with Gasteiger partial charge in [-0.05, 0) is 162 Å². The Morgan fingerprint density at radius 2 is 0.613 bits per heavy atom. The first kappa shape index (κ1) is 35.0. The summed E-state index contributed by atoms with van der Waals surface area (Å²) in [6.45, 7) is 4.50. The molecule has 0 fully saturated rings. The normalized spacial score (nSPS) is 12.0. The van der Waals surface area contributed by atoms with Gasteiger partial charge in [0.05, 0.1) is 0 Å². The Kier molecular flexibility index (Phi) is 7.54. The fourth-order valence-corrected chi connectivity index (χ4v) is 11.4. The molecule has 0 saturated carbocycles. The van der Waals surface area contributed by atoms with Gasteiger partial charge in [-0.25, -0.2) is 0 Å². The molecule has 0 aliphatic rings. The molecule has 62 heavy (non-hydrogen) atoms. The van der Waals surface area contributed by atoms with Crippen molar-refractivity contribution in [3.05, 3.63) is 217 Å². The zero-order chi connectivity index (χ0) is 41.1. The van der Waals surface area contributed by atoms with Crippen LogP contribution in [0.5, 0.6) is 0 Å². The molecule has 13 aromatic rings. The third-order valence-corrected chi connectivity index (χ3v) is 13.8. The highest BCUT2D eigenvalue weighted by Gasteiger charge is 2.28. The van der Waals surface area contributed by atoms with Gasteiger partial charge < -0.3 is 0 Å². The second-order valence-electron chi connectivity index (χ2n) is 17.1. The van der Waals surface area contributed by atoms with E-state index in [1.807, 2.05) is 0 Å². The number of aryl methyl sites for hydroxylation is 2. The molecule has 0 aliphatic carbocycles. The van der Waals surface area contributed by atoms with Gasteiger partial charge in [-0.1, -0.05) is 200 Å². The molecular formula is C62H40. The second kappa shape index (κ2) is 13.4. The quantitative estimate of drug-likeness (QED) is 0.153. The molecule has 0 heteroatoms. The Hall–Kier alpha value is -7.80. The number of hydrogen-bond acceptors (Lipinski definition) is 0. The van der Waals surface area contributed by atoms with E-state index in [1.165, 1.54) is 142 Å². The maximum atomic E-state index is 2.58. The third-order valence-electron chi connectivity index (χ3n) is 13.8. The maximum Gasteiger partial charge on any atom is -0.000719 e. The Morgan fingerprint density at radius 3 is 1.19 bits per heavy atom. The van der Waals surface area contributed by atoms with Crippen LogP contribution in [-0.2, 0) is 0 Å². The van der Waals surface area contributed by atoms with Crippen LogP contribution in [0.25, 0.3) is 131 Å². The van der Waals surface area contributed by atoms with Crippen molar-refractivity contribution in [2.75, 3.05) is 0 Å². The van der Waals surface area contributed by atoms with Crippen LogP contribution < -0.4 is 0 Å². The monoisotopic (exact) mass is 784 g/mol. The molecule has 0 spiro atoms. The Labute approximate surface area is 360 Å². The van der Waals surface area contributed by atoms with Gasteiger partial charge >= 0.3 is 0 Å². The second-order valence-corrected chi connectivity index (χ2v) is 17.1. The van der Waals surface area contributed by atoms with E-state index in [2.05, 4.69) is 220 Å². The zero-order valence-corrected chi connectivity index (χ0v) is 34.6. The van der Waals surface area contributed by atoms with E-state index in [9.17, 15) is 0 Å². The predicted molar refractivity (Wildman–Crippen MR) is 268 cm³/mol. The lowest BCUT2D eigenvalue weighted by atomic mass is 9.83. The molecule has 0 nitrogen and oxygen atoms in total. The average molecular weight is 785 g/mol. The van der Waals surface area contributed by atoms with Crippen molar-refractivity contribution >= 4 is 75.4 Å². The zero-order valence-electron chi connectivity index (χ0n) is 34.6.